The van der Waals surface area contributed by atoms with Crippen molar-refractivity contribution in [1.29, 1.82) is 0 Å². The van der Waals surface area contributed by atoms with Crippen LogP contribution in [0.3, 0.4) is 0 Å². The summed E-state index contributed by atoms with van der Waals surface area (Å²) in [5, 5.41) is 1.37. The van der Waals surface area contributed by atoms with Crippen molar-refractivity contribution >= 4 is 23.1 Å². The Kier molecular flexibility index (Phi) is 4.44. The predicted molar refractivity (Wildman–Crippen MR) is 77.6 cm³/mol. The summed E-state index contributed by atoms with van der Waals surface area (Å²) >= 11 is -1.32. The second-order valence-electron chi connectivity index (χ2n) is 4.81. The van der Waals surface area contributed by atoms with Crippen LogP contribution in [0.15, 0.2) is 60.7 Å². The first kappa shape index (κ1) is 12.4. The number of rotatable bonds is 4. The standard InChI is InChI=1S/C16H19Ge/c1-14(2)13-17(15-9-5-3-6-10-15)16-11-7-4-8-12-16/h3-12,14H,13H2,1-2H3. The van der Waals surface area contributed by atoms with Crippen molar-refractivity contribution in [3.8, 4) is 0 Å². The van der Waals surface area contributed by atoms with E-state index in [2.05, 4.69) is 74.5 Å². The third-order valence-corrected chi connectivity index (χ3v) is 9.75. The first-order valence-electron chi connectivity index (χ1n) is 6.24. The summed E-state index contributed by atoms with van der Waals surface area (Å²) in [6, 6.07) is 22.2. The summed E-state index contributed by atoms with van der Waals surface area (Å²) in [6.07, 6.45) is 0. The minimum atomic E-state index is -1.32. The van der Waals surface area contributed by atoms with Crippen LogP contribution in [-0.2, 0) is 0 Å². The molecular weight excluding hydrogens is 265 g/mol. The van der Waals surface area contributed by atoms with Gasteiger partial charge in [-0.15, -0.1) is 0 Å². The van der Waals surface area contributed by atoms with Crippen LogP contribution in [0, 0.1) is 5.92 Å². The van der Waals surface area contributed by atoms with Crippen LogP contribution in [0.4, 0.5) is 0 Å². The fourth-order valence-electron chi connectivity index (χ4n) is 2.09. The third kappa shape index (κ3) is 3.47. The topological polar surface area (TPSA) is 0 Å². The molecule has 2 aromatic carbocycles. The van der Waals surface area contributed by atoms with Gasteiger partial charge >= 0.3 is 109 Å². The van der Waals surface area contributed by atoms with E-state index in [0.717, 1.165) is 5.92 Å². The molecule has 0 nitrogen and oxygen atoms in total. The third-order valence-electron chi connectivity index (χ3n) is 2.86. The minimum absolute atomic E-state index is 0.783. The van der Waals surface area contributed by atoms with E-state index in [-0.39, 0.29) is 0 Å². The van der Waals surface area contributed by atoms with Gasteiger partial charge in [0, 0.05) is 0 Å². The van der Waals surface area contributed by atoms with E-state index in [9.17, 15) is 0 Å². The Morgan fingerprint density at radius 3 is 1.53 bits per heavy atom. The van der Waals surface area contributed by atoms with Gasteiger partial charge in [-0.1, -0.05) is 0 Å². The molecule has 87 valence electrons. The van der Waals surface area contributed by atoms with Crippen molar-refractivity contribution in [2.75, 3.05) is 0 Å². The van der Waals surface area contributed by atoms with Crippen LogP contribution >= 0.6 is 0 Å². The molecular formula is C16H19Ge. The van der Waals surface area contributed by atoms with Crippen molar-refractivity contribution in [3.05, 3.63) is 60.7 Å². The Morgan fingerprint density at radius 1 is 0.765 bits per heavy atom. The van der Waals surface area contributed by atoms with Crippen LogP contribution < -0.4 is 8.79 Å². The molecule has 1 radical (unpaired) electrons. The van der Waals surface area contributed by atoms with Crippen molar-refractivity contribution in [3.63, 3.8) is 0 Å². The van der Waals surface area contributed by atoms with E-state index in [0.29, 0.717) is 0 Å². The Balaban J connectivity index is 2.32. The van der Waals surface area contributed by atoms with Crippen molar-refractivity contribution in [2.24, 2.45) is 5.92 Å². The molecule has 0 bridgehead atoms. The van der Waals surface area contributed by atoms with Crippen LogP contribution in [0.2, 0.25) is 5.25 Å². The van der Waals surface area contributed by atoms with E-state index >= 15 is 0 Å². The molecule has 2 aromatic rings. The zero-order chi connectivity index (χ0) is 12.1. The SMILES string of the molecule is CC(C)[CH2][Ge]([c]1ccccc1)[c]1ccccc1. The molecule has 0 unspecified atom stereocenters. The molecule has 0 saturated carbocycles. The fraction of sp³-hybridized carbons (Fsp3) is 0.250. The number of hydrogen-bond donors (Lipinski definition) is 0. The maximum atomic E-state index is 2.33. The second kappa shape index (κ2) is 6.06. The Hall–Kier alpha value is -1.02. The molecule has 0 aliphatic heterocycles. The van der Waals surface area contributed by atoms with E-state index in [1.54, 1.807) is 8.79 Å². The van der Waals surface area contributed by atoms with Gasteiger partial charge in [-0.25, -0.2) is 0 Å². The molecule has 0 aliphatic carbocycles. The van der Waals surface area contributed by atoms with E-state index in [1.165, 1.54) is 5.25 Å². The predicted octanol–water partition coefficient (Wildman–Crippen LogP) is 2.95. The monoisotopic (exact) mass is 285 g/mol. The summed E-state index contributed by atoms with van der Waals surface area (Å²) in [7, 11) is 0. The van der Waals surface area contributed by atoms with Crippen molar-refractivity contribution < 1.29 is 0 Å². The molecule has 1 heteroatoms. The zero-order valence-electron chi connectivity index (χ0n) is 10.6. The van der Waals surface area contributed by atoms with Gasteiger partial charge in [0.15, 0.2) is 0 Å². The van der Waals surface area contributed by atoms with Gasteiger partial charge in [-0.3, -0.25) is 0 Å². The Morgan fingerprint density at radius 2 is 1.18 bits per heavy atom. The molecule has 17 heavy (non-hydrogen) atoms. The fourth-order valence-corrected chi connectivity index (χ4v) is 7.99. The van der Waals surface area contributed by atoms with Gasteiger partial charge in [0.25, 0.3) is 0 Å². The first-order chi connectivity index (χ1) is 8.27. The molecule has 2 rings (SSSR count). The van der Waals surface area contributed by atoms with Gasteiger partial charge in [-0.05, 0) is 0 Å². The normalized spacial score (nSPS) is 11.1. The van der Waals surface area contributed by atoms with Crippen LogP contribution in [0.5, 0.6) is 0 Å². The molecule has 0 heterocycles. The molecule has 0 saturated heterocycles. The number of hydrogen-bond acceptors (Lipinski definition) is 0. The molecule has 0 N–H and O–H groups in total. The quantitative estimate of drug-likeness (QED) is 0.757. The summed E-state index contributed by atoms with van der Waals surface area (Å²) in [6.45, 7) is 4.66. The number of benzene rings is 2. The molecule has 0 fully saturated rings. The summed E-state index contributed by atoms with van der Waals surface area (Å²) in [4.78, 5) is 0. The molecule has 0 aliphatic rings. The first-order valence-corrected chi connectivity index (χ1v) is 9.82. The second-order valence-corrected chi connectivity index (χ2v) is 10.1. The zero-order valence-corrected chi connectivity index (χ0v) is 12.7. The van der Waals surface area contributed by atoms with Gasteiger partial charge in [0.1, 0.15) is 0 Å². The molecule has 0 atom stereocenters. The van der Waals surface area contributed by atoms with Gasteiger partial charge in [0.2, 0.25) is 0 Å². The van der Waals surface area contributed by atoms with E-state index in [4.69, 9.17) is 0 Å². The van der Waals surface area contributed by atoms with Crippen LogP contribution in [-0.4, -0.2) is 14.3 Å². The average molecular weight is 284 g/mol. The Bertz CT molecular complexity index is 394. The van der Waals surface area contributed by atoms with Crippen molar-refractivity contribution in [2.45, 2.75) is 19.1 Å². The van der Waals surface area contributed by atoms with Crippen LogP contribution in [0.25, 0.3) is 0 Å². The van der Waals surface area contributed by atoms with Gasteiger partial charge < -0.3 is 0 Å². The van der Waals surface area contributed by atoms with E-state index in [1.807, 2.05) is 0 Å². The van der Waals surface area contributed by atoms with Crippen LogP contribution in [0.1, 0.15) is 13.8 Å². The summed E-state index contributed by atoms with van der Waals surface area (Å²) in [5.41, 5.74) is 0. The van der Waals surface area contributed by atoms with Crippen molar-refractivity contribution in [1.82, 2.24) is 0 Å². The molecule has 0 amide bonds. The Labute approximate surface area is 109 Å². The molecule has 0 spiro atoms. The maximum absolute atomic E-state index is 2.33. The summed E-state index contributed by atoms with van der Waals surface area (Å²) in [5.74, 6) is 0.783. The molecule has 0 aromatic heterocycles. The van der Waals surface area contributed by atoms with E-state index < -0.39 is 14.3 Å². The summed E-state index contributed by atoms with van der Waals surface area (Å²) < 4.78 is 3.18. The van der Waals surface area contributed by atoms with Gasteiger partial charge in [0.05, 0.1) is 0 Å². The van der Waals surface area contributed by atoms with Gasteiger partial charge in [-0.2, -0.15) is 0 Å². The average Bonchev–Trinajstić information content (AvgIpc) is 2.38.